The van der Waals surface area contributed by atoms with E-state index in [1.165, 1.54) is 0 Å². The Morgan fingerprint density at radius 1 is 0.938 bits per heavy atom. The van der Waals surface area contributed by atoms with Crippen LogP contribution in [0.3, 0.4) is 0 Å². The summed E-state index contributed by atoms with van der Waals surface area (Å²) in [6, 6.07) is 17.1. The van der Waals surface area contributed by atoms with Crippen molar-refractivity contribution in [1.82, 2.24) is 19.6 Å². The minimum absolute atomic E-state index is 0. The van der Waals surface area contributed by atoms with Crippen LogP contribution in [0.25, 0.3) is 22.2 Å². The lowest BCUT2D eigenvalue weighted by molar-refractivity contribution is -0.130. The molecule has 0 radical (unpaired) electrons. The molecule has 1 aliphatic heterocycles. The standard InChI is InChI=1S/C35H42N6O5S.ClH/c1-22-4-14-28(47(45,46)41-16-2-3-17-41)20-29(22)25-9-5-23(6-10-25)18-32(38-33(42)26-11-7-24(21-36)8-12-26)34(43)37-27-13-15-30-31(19-27)40-35(44)39-30;/h4-6,9-10,13-15,19-20,24,26,32H,2-3,7-8,11-12,16-18,21,36H2,1H3,(H,37,43)(H,38,42)(H2,39,40,44);1H/t24-,26-,32-;/m0./s1. The van der Waals surface area contributed by atoms with Crippen molar-refractivity contribution in [3.8, 4) is 11.1 Å². The van der Waals surface area contributed by atoms with E-state index in [9.17, 15) is 22.8 Å². The molecule has 48 heavy (non-hydrogen) atoms. The minimum Gasteiger partial charge on any atom is -0.344 e. The van der Waals surface area contributed by atoms with Crippen LogP contribution >= 0.6 is 12.4 Å². The molecule has 1 aliphatic carbocycles. The van der Waals surface area contributed by atoms with E-state index in [1.807, 2.05) is 37.3 Å². The van der Waals surface area contributed by atoms with Gasteiger partial charge in [-0.3, -0.25) is 9.59 Å². The third kappa shape index (κ3) is 7.84. The smallest absolute Gasteiger partial charge is 0.323 e. The molecule has 1 aromatic heterocycles. The molecular weight excluding hydrogens is 652 g/mol. The molecule has 2 fully saturated rings. The molecular formula is C35H43ClN6O5S. The Morgan fingerprint density at radius 2 is 1.62 bits per heavy atom. The highest BCUT2D eigenvalue weighted by atomic mass is 35.5. The fraction of sp³-hybridized carbons (Fsp3) is 0.400. The van der Waals surface area contributed by atoms with Crippen LogP contribution in [0.4, 0.5) is 5.69 Å². The highest BCUT2D eigenvalue weighted by Gasteiger charge is 2.30. The summed E-state index contributed by atoms with van der Waals surface area (Å²) in [5, 5.41) is 5.93. The van der Waals surface area contributed by atoms with Gasteiger partial charge < -0.3 is 26.3 Å². The number of nitrogens with two attached hydrogens (primary N) is 1. The lowest BCUT2D eigenvalue weighted by Gasteiger charge is -2.28. The number of aromatic nitrogens is 2. The Morgan fingerprint density at radius 3 is 2.31 bits per heavy atom. The van der Waals surface area contributed by atoms with E-state index in [0.29, 0.717) is 42.3 Å². The maximum absolute atomic E-state index is 13.7. The fourth-order valence-corrected chi connectivity index (χ4v) is 8.25. The maximum Gasteiger partial charge on any atom is 0.323 e. The number of nitrogens with one attached hydrogen (secondary N) is 4. The first kappa shape index (κ1) is 35.3. The SMILES string of the molecule is Cc1ccc(S(=O)(=O)N2CCCC2)cc1-c1ccc(C[C@H](NC(=O)[C@H]2CC[C@H](CN)CC2)C(=O)Nc2ccc3[nH]c(=O)[nH]c3c2)cc1.Cl. The van der Waals surface area contributed by atoms with E-state index >= 15 is 0 Å². The number of fused-ring (bicyclic) bond motifs is 1. The van der Waals surface area contributed by atoms with Crippen molar-refractivity contribution in [3.05, 3.63) is 82.3 Å². The molecule has 3 aromatic carbocycles. The minimum atomic E-state index is -3.56. The number of H-pyrrole nitrogens is 2. The molecule has 4 aromatic rings. The van der Waals surface area contributed by atoms with Crippen molar-refractivity contribution in [2.45, 2.75) is 62.8 Å². The van der Waals surface area contributed by atoms with Gasteiger partial charge in [-0.1, -0.05) is 30.3 Å². The number of hydrogen-bond acceptors (Lipinski definition) is 6. The molecule has 2 heterocycles. The Hall–Kier alpha value is -3.97. The average molecular weight is 695 g/mol. The fourth-order valence-electron chi connectivity index (χ4n) is 6.71. The van der Waals surface area contributed by atoms with E-state index in [4.69, 9.17) is 5.73 Å². The predicted octanol–water partition coefficient (Wildman–Crippen LogP) is 4.47. The number of rotatable bonds is 10. The number of aryl methyl sites for hydroxylation is 1. The summed E-state index contributed by atoms with van der Waals surface area (Å²) >= 11 is 0. The molecule has 2 aliphatic rings. The van der Waals surface area contributed by atoms with Crippen LogP contribution in [-0.2, 0) is 26.0 Å². The molecule has 2 amide bonds. The summed E-state index contributed by atoms with van der Waals surface area (Å²) in [4.78, 5) is 44.4. The first-order valence-corrected chi connectivity index (χ1v) is 17.8. The molecule has 13 heteroatoms. The number of amides is 2. The van der Waals surface area contributed by atoms with Crippen LogP contribution in [-0.4, -0.2) is 60.2 Å². The predicted molar refractivity (Wildman–Crippen MR) is 190 cm³/mol. The molecule has 0 bridgehead atoms. The number of aromatic amines is 2. The molecule has 1 saturated carbocycles. The van der Waals surface area contributed by atoms with E-state index < -0.39 is 16.1 Å². The van der Waals surface area contributed by atoms with Gasteiger partial charge in [-0.25, -0.2) is 13.2 Å². The summed E-state index contributed by atoms with van der Waals surface area (Å²) < 4.78 is 28.0. The summed E-state index contributed by atoms with van der Waals surface area (Å²) in [5.74, 6) is -0.264. The summed E-state index contributed by atoms with van der Waals surface area (Å²) in [6.07, 6.45) is 5.25. The first-order chi connectivity index (χ1) is 22.6. The van der Waals surface area contributed by atoms with Crippen molar-refractivity contribution in [2.24, 2.45) is 17.6 Å². The Kier molecular flexibility index (Phi) is 11.1. The number of nitrogens with zero attached hydrogens (tertiary/aromatic N) is 1. The van der Waals surface area contributed by atoms with Gasteiger partial charge in [0.25, 0.3) is 0 Å². The van der Waals surface area contributed by atoms with E-state index in [2.05, 4.69) is 20.6 Å². The van der Waals surface area contributed by atoms with Crippen LogP contribution < -0.4 is 22.1 Å². The van der Waals surface area contributed by atoms with Gasteiger partial charge in [-0.15, -0.1) is 12.4 Å². The van der Waals surface area contributed by atoms with Gasteiger partial charge in [0.05, 0.1) is 15.9 Å². The van der Waals surface area contributed by atoms with E-state index in [-0.39, 0.29) is 47.1 Å². The number of hydrogen-bond donors (Lipinski definition) is 5. The van der Waals surface area contributed by atoms with Crippen LogP contribution in [0.15, 0.2) is 70.4 Å². The number of benzene rings is 3. The van der Waals surface area contributed by atoms with Crippen LogP contribution in [0.2, 0.25) is 0 Å². The highest BCUT2D eigenvalue weighted by molar-refractivity contribution is 7.89. The van der Waals surface area contributed by atoms with Gasteiger partial charge in [-0.2, -0.15) is 4.31 Å². The van der Waals surface area contributed by atoms with Crippen molar-refractivity contribution >= 4 is 51.0 Å². The van der Waals surface area contributed by atoms with Crippen molar-refractivity contribution in [3.63, 3.8) is 0 Å². The number of imidazole rings is 1. The molecule has 6 N–H and O–H groups in total. The molecule has 256 valence electrons. The van der Waals surface area contributed by atoms with E-state index in [0.717, 1.165) is 60.8 Å². The molecule has 11 nitrogen and oxygen atoms in total. The quantitative estimate of drug-likeness (QED) is 0.164. The first-order valence-electron chi connectivity index (χ1n) is 16.3. The zero-order valence-electron chi connectivity index (χ0n) is 27.0. The van der Waals surface area contributed by atoms with Crippen LogP contribution in [0.5, 0.6) is 0 Å². The largest absolute Gasteiger partial charge is 0.344 e. The second kappa shape index (κ2) is 15.1. The monoisotopic (exact) mass is 694 g/mol. The normalized spacial score (nSPS) is 19.0. The van der Waals surface area contributed by atoms with Crippen molar-refractivity contribution < 1.29 is 18.0 Å². The lowest BCUT2D eigenvalue weighted by Crippen LogP contribution is -2.48. The lowest BCUT2D eigenvalue weighted by atomic mass is 9.81. The van der Waals surface area contributed by atoms with Gasteiger partial charge in [0.2, 0.25) is 21.8 Å². The Balaban J connectivity index is 0.00000451. The van der Waals surface area contributed by atoms with E-state index in [1.54, 1.807) is 34.6 Å². The summed E-state index contributed by atoms with van der Waals surface area (Å²) in [7, 11) is -3.56. The third-order valence-corrected chi connectivity index (χ3v) is 11.5. The van der Waals surface area contributed by atoms with Gasteiger partial charge in [-0.05, 0) is 110 Å². The topological polar surface area (TPSA) is 170 Å². The van der Waals surface area contributed by atoms with Crippen molar-refractivity contribution in [2.75, 3.05) is 25.0 Å². The average Bonchev–Trinajstić information content (AvgIpc) is 3.75. The number of anilines is 1. The summed E-state index contributed by atoms with van der Waals surface area (Å²) in [5.41, 5.74) is 10.7. The Bertz CT molecular complexity index is 1930. The Labute approximate surface area is 286 Å². The van der Waals surface area contributed by atoms with Crippen LogP contribution in [0.1, 0.15) is 49.7 Å². The number of carbonyl (C=O) groups is 2. The molecule has 1 atom stereocenters. The van der Waals surface area contributed by atoms with Gasteiger partial charge in [0, 0.05) is 31.1 Å². The van der Waals surface area contributed by atoms with Crippen LogP contribution in [0, 0.1) is 18.8 Å². The second-order valence-electron chi connectivity index (χ2n) is 12.8. The number of halogens is 1. The highest BCUT2D eigenvalue weighted by Crippen LogP contribution is 2.30. The molecule has 0 unspecified atom stereocenters. The van der Waals surface area contributed by atoms with Gasteiger partial charge in [0.15, 0.2) is 0 Å². The number of sulfonamides is 1. The molecule has 1 saturated heterocycles. The number of carbonyl (C=O) groups excluding carboxylic acids is 2. The van der Waals surface area contributed by atoms with Crippen molar-refractivity contribution in [1.29, 1.82) is 0 Å². The second-order valence-corrected chi connectivity index (χ2v) is 14.8. The zero-order chi connectivity index (χ0) is 33.1. The maximum atomic E-state index is 13.7. The molecule has 6 rings (SSSR count). The third-order valence-electron chi connectivity index (χ3n) is 9.58. The van der Waals surface area contributed by atoms with Gasteiger partial charge in [0.1, 0.15) is 6.04 Å². The van der Waals surface area contributed by atoms with Gasteiger partial charge >= 0.3 is 5.69 Å². The molecule has 0 spiro atoms. The summed E-state index contributed by atoms with van der Waals surface area (Å²) in [6.45, 7) is 3.65. The zero-order valence-corrected chi connectivity index (χ0v) is 28.6.